The summed E-state index contributed by atoms with van der Waals surface area (Å²) in [6.07, 6.45) is 1.86. The Morgan fingerprint density at radius 3 is 2.91 bits per heavy atom. The molecule has 3 rings (SSSR count). The van der Waals surface area contributed by atoms with E-state index in [1.165, 1.54) is 11.5 Å². The lowest BCUT2D eigenvalue weighted by Crippen LogP contribution is -2.20. The molecule has 0 bridgehead atoms. The smallest absolute Gasteiger partial charge is 0.246 e. The lowest BCUT2D eigenvalue weighted by molar-refractivity contribution is -0.120. The van der Waals surface area contributed by atoms with Crippen molar-refractivity contribution in [3.05, 3.63) is 65.4 Å². The average molecular weight is 309 g/mol. The van der Waals surface area contributed by atoms with Crippen LogP contribution in [0, 0.1) is 6.92 Å². The van der Waals surface area contributed by atoms with Gasteiger partial charge in [-0.2, -0.15) is 9.47 Å². The average Bonchev–Trinajstić information content (AvgIpc) is 2.90. The maximum atomic E-state index is 12.0. The van der Waals surface area contributed by atoms with Gasteiger partial charge in [0.15, 0.2) is 0 Å². The second kappa shape index (κ2) is 6.49. The van der Waals surface area contributed by atoms with E-state index in [2.05, 4.69) is 27.0 Å². The van der Waals surface area contributed by atoms with Crippen molar-refractivity contribution in [1.82, 2.24) is 9.80 Å². The van der Waals surface area contributed by atoms with Gasteiger partial charge >= 0.3 is 0 Å². The lowest BCUT2D eigenvalue weighted by Gasteiger charge is -1.99. The fourth-order valence-corrected chi connectivity index (χ4v) is 2.91. The first-order valence-electron chi connectivity index (χ1n) is 6.94. The van der Waals surface area contributed by atoms with E-state index in [0.717, 1.165) is 26.9 Å². The van der Waals surface area contributed by atoms with Crippen molar-refractivity contribution < 1.29 is 4.79 Å². The summed E-state index contributed by atoms with van der Waals surface area (Å²) in [4.78, 5) is 12.0. The predicted molar refractivity (Wildman–Crippen MR) is 90.2 cm³/mol. The number of hydrogen-bond donors (Lipinski definition) is 1. The molecule has 0 saturated heterocycles. The Kier molecular flexibility index (Phi) is 4.25. The summed E-state index contributed by atoms with van der Waals surface area (Å²) in [5.41, 5.74) is 5.45. The Morgan fingerprint density at radius 2 is 2.09 bits per heavy atom. The highest BCUT2D eigenvalue weighted by molar-refractivity contribution is 7.13. The van der Waals surface area contributed by atoms with Crippen LogP contribution in [0.2, 0.25) is 0 Å². The van der Waals surface area contributed by atoms with Crippen molar-refractivity contribution in [1.29, 1.82) is 0 Å². The molecule has 0 aliphatic heterocycles. The minimum Gasteiger partial charge on any atom is -0.273 e. The van der Waals surface area contributed by atoms with Gasteiger partial charge < -0.3 is 0 Å². The molecule has 1 N–H and O–H groups in total. The monoisotopic (exact) mass is 309 g/mol. The number of fused-ring (bicyclic) bond motifs is 1. The van der Waals surface area contributed by atoms with Gasteiger partial charge in [0, 0.05) is 5.39 Å². The van der Waals surface area contributed by atoms with Gasteiger partial charge in [-0.05, 0) is 36.2 Å². The van der Waals surface area contributed by atoms with Crippen LogP contribution in [0.1, 0.15) is 16.8 Å². The molecule has 2 aromatic carbocycles. The molecule has 0 radical (unpaired) electrons. The Hall–Kier alpha value is -2.53. The number of rotatable bonds is 4. The summed E-state index contributed by atoms with van der Waals surface area (Å²) >= 11 is 1.42. The van der Waals surface area contributed by atoms with Gasteiger partial charge in [-0.1, -0.05) is 42.0 Å². The van der Waals surface area contributed by atoms with Crippen molar-refractivity contribution in [3.63, 3.8) is 0 Å². The Morgan fingerprint density at radius 1 is 1.27 bits per heavy atom. The number of benzene rings is 2. The molecular weight excluding hydrogens is 294 g/mol. The molecule has 1 amide bonds. The van der Waals surface area contributed by atoms with Crippen LogP contribution < -0.4 is 5.43 Å². The maximum Gasteiger partial charge on any atom is 0.246 e. The topological polar surface area (TPSA) is 54.4 Å². The first-order valence-corrected chi connectivity index (χ1v) is 7.71. The number of hydrogen-bond acceptors (Lipinski definition) is 4. The molecule has 0 unspecified atom stereocenters. The summed E-state index contributed by atoms with van der Waals surface area (Å²) in [5.74, 6) is -0.166. The number of carbonyl (C=O) groups is 1. The third-order valence-corrected chi connectivity index (χ3v) is 4.09. The number of nitrogens with zero attached hydrogens (tertiary/aromatic N) is 2. The van der Waals surface area contributed by atoms with Gasteiger partial charge in [-0.25, -0.2) is 5.43 Å². The van der Waals surface area contributed by atoms with E-state index in [-0.39, 0.29) is 12.3 Å². The van der Waals surface area contributed by atoms with Crippen LogP contribution in [0.5, 0.6) is 0 Å². The predicted octanol–water partition coefficient (Wildman–Crippen LogP) is 3.30. The van der Waals surface area contributed by atoms with Crippen molar-refractivity contribution in [3.8, 4) is 0 Å². The second-order valence-electron chi connectivity index (χ2n) is 5.01. The molecule has 0 saturated carbocycles. The summed E-state index contributed by atoms with van der Waals surface area (Å²) in [5, 5.41) is 5.02. The Balaban J connectivity index is 1.66. The van der Waals surface area contributed by atoms with E-state index >= 15 is 0 Å². The zero-order chi connectivity index (χ0) is 15.4. The second-order valence-corrected chi connectivity index (χ2v) is 5.81. The third-order valence-electron chi connectivity index (χ3n) is 3.23. The molecule has 22 heavy (non-hydrogen) atoms. The highest BCUT2D eigenvalue weighted by Crippen LogP contribution is 2.24. The first kappa shape index (κ1) is 14.4. The molecular formula is C17H15N3OS. The SMILES string of the molecule is Cc1ccc2snc(CC(=O)N/N=C/c3ccccc3)c2c1. The van der Waals surface area contributed by atoms with Gasteiger partial charge in [0.05, 0.1) is 23.0 Å². The minimum absolute atomic E-state index is 0.166. The van der Waals surface area contributed by atoms with Gasteiger partial charge in [0.25, 0.3) is 0 Å². The molecule has 0 atom stereocenters. The fourth-order valence-electron chi connectivity index (χ4n) is 2.14. The number of aromatic nitrogens is 1. The molecule has 1 aromatic heterocycles. The van der Waals surface area contributed by atoms with Gasteiger partial charge in [0.1, 0.15) is 0 Å². The fraction of sp³-hybridized carbons (Fsp3) is 0.118. The molecule has 5 heteroatoms. The molecule has 3 aromatic rings. The Bertz CT molecular complexity index is 824. The summed E-state index contributed by atoms with van der Waals surface area (Å²) < 4.78 is 5.47. The van der Waals surface area contributed by atoms with Gasteiger partial charge in [0.2, 0.25) is 5.91 Å². The number of carbonyl (C=O) groups excluding carboxylic acids is 1. The zero-order valence-corrected chi connectivity index (χ0v) is 12.9. The molecule has 0 fully saturated rings. The van der Waals surface area contributed by atoms with E-state index in [9.17, 15) is 4.79 Å². The van der Waals surface area contributed by atoms with Crippen LogP contribution in [0.3, 0.4) is 0 Å². The van der Waals surface area contributed by atoms with Crippen molar-refractivity contribution in [2.75, 3.05) is 0 Å². The number of amides is 1. The molecule has 1 heterocycles. The number of nitrogens with one attached hydrogen (secondary N) is 1. The highest BCUT2D eigenvalue weighted by atomic mass is 32.1. The van der Waals surface area contributed by atoms with Gasteiger partial charge in [-0.15, -0.1) is 0 Å². The zero-order valence-electron chi connectivity index (χ0n) is 12.1. The summed E-state index contributed by atoms with van der Waals surface area (Å²) in [6, 6.07) is 15.8. The molecule has 4 nitrogen and oxygen atoms in total. The molecule has 0 aliphatic rings. The van der Waals surface area contributed by atoms with Gasteiger partial charge in [-0.3, -0.25) is 4.79 Å². The Labute approximate surface area is 132 Å². The minimum atomic E-state index is -0.166. The molecule has 110 valence electrons. The third kappa shape index (κ3) is 3.38. The van der Waals surface area contributed by atoms with E-state index in [1.54, 1.807) is 6.21 Å². The van der Waals surface area contributed by atoms with Crippen LogP contribution in [0.15, 0.2) is 53.6 Å². The van der Waals surface area contributed by atoms with Crippen LogP contribution in [0.4, 0.5) is 0 Å². The molecule has 0 spiro atoms. The van der Waals surface area contributed by atoms with Crippen molar-refractivity contribution in [2.24, 2.45) is 5.10 Å². The van der Waals surface area contributed by atoms with Crippen LogP contribution >= 0.6 is 11.5 Å². The van der Waals surface area contributed by atoms with Crippen LogP contribution in [0.25, 0.3) is 10.1 Å². The first-order chi connectivity index (χ1) is 10.7. The largest absolute Gasteiger partial charge is 0.273 e. The molecule has 0 aliphatic carbocycles. The van der Waals surface area contributed by atoms with Crippen molar-refractivity contribution in [2.45, 2.75) is 13.3 Å². The quantitative estimate of drug-likeness (QED) is 0.594. The number of aryl methyl sites for hydroxylation is 1. The van der Waals surface area contributed by atoms with Crippen LogP contribution in [-0.2, 0) is 11.2 Å². The lowest BCUT2D eigenvalue weighted by atomic mass is 10.1. The van der Waals surface area contributed by atoms with E-state index in [0.29, 0.717) is 0 Å². The normalized spacial score (nSPS) is 11.1. The van der Waals surface area contributed by atoms with Crippen molar-refractivity contribution >= 4 is 33.7 Å². The van der Waals surface area contributed by atoms with E-state index in [4.69, 9.17) is 0 Å². The highest BCUT2D eigenvalue weighted by Gasteiger charge is 2.10. The van der Waals surface area contributed by atoms with Crippen LogP contribution in [-0.4, -0.2) is 16.5 Å². The van der Waals surface area contributed by atoms with E-state index < -0.39 is 0 Å². The number of hydrazone groups is 1. The maximum absolute atomic E-state index is 12.0. The van der Waals surface area contributed by atoms with E-state index in [1.807, 2.05) is 43.3 Å². The summed E-state index contributed by atoms with van der Waals surface area (Å²) in [7, 11) is 0. The standard InChI is InChI=1S/C17H15N3OS/c1-12-7-8-16-14(9-12)15(20-22-16)10-17(21)19-18-11-13-5-3-2-4-6-13/h2-9,11H,10H2,1H3,(H,19,21)/b18-11+. The summed E-state index contributed by atoms with van der Waals surface area (Å²) in [6.45, 7) is 2.03.